The third kappa shape index (κ3) is 2.36. The summed E-state index contributed by atoms with van der Waals surface area (Å²) in [4.78, 5) is 29.0. The highest BCUT2D eigenvalue weighted by molar-refractivity contribution is 9.11. The summed E-state index contributed by atoms with van der Waals surface area (Å²) < 4.78 is 0.676. The SMILES string of the molecule is C[C@H](c1ccccc1)N1C(=O)N(Cc2nnc(Br)s2)C2(CC2)C1=O. The summed E-state index contributed by atoms with van der Waals surface area (Å²) in [6, 6.07) is 9.12. The molecule has 2 aliphatic rings. The van der Waals surface area contributed by atoms with Crippen LogP contribution in [0.15, 0.2) is 34.2 Å². The molecule has 1 saturated carbocycles. The Morgan fingerprint density at radius 3 is 2.54 bits per heavy atom. The Balaban J connectivity index is 1.63. The second kappa shape index (κ2) is 5.63. The molecule has 1 atom stereocenters. The van der Waals surface area contributed by atoms with Crippen molar-refractivity contribution in [2.75, 3.05) is 0 Å². The summed E-state index contributed by atoms with van der Waals surface area (Å²) in [5.41, 5.74) is 0.286. The molecule has 1 saturated heterocycles. The Labute approximate surface area is 151 Å². The zero-order valence-electron chi connectivity index (χ0n) is 13.0. The zero-order chi connectivity index (χ0) is 16.9. The van der Waals surface area contributed by atoms with E-state index in [4.69, 9.17) is 0 Å². The van der Waals surface area contributed by atoms with Crippen LogP contribution in [0.25, 0.3) is 0 Å². The fourth-order valence-electron chi connectivity index (χ4n) is 3.22. The van der Waals surface area contributed by atoms with Crippen molar-refractivity contribution in [3.8, 4) is 0 Å². The number of hydrogen-bond donors (Lipinski definition) is 0. The molecule has 8 heteroatoms. The summed E-state index contributed by atoms with van der Waals surface area (Å²) in [6.45, 7) is 2.22. The Hall–Kier alpha value is -1.80. The zero-order valence-corrected chi connectivity index (χ0v) is 15.4. The average Bonchev–Trinajstić information content (AvgIpc) is 3.25. The molecule has 0 unspecified atom stereocenters. The van der Waals surface area contributed by atoms with Crippen molar-refractivity contribution in [1.82, 2.24) is 20.0 Å². The molecule has 2 heterocycles. The third-order valence-electron chi connectivity index (χ3n) is 4.70. The minimum absolute atomic E-state index is 0.0903. The number of imide groups is 1. The third-order valence-corrected chi connectivity index (χ3v) is 6.04. The average molecular weight is 407 g/mol. The normalized spacial score (nSPS) is 20.1. The Morgan fingerprint density at radius 1 is 1.25 bits per heavy atom. The second-order valence-electron chi connectivity index (χ2n) is 6.11. The molecule has 1 aliphatic carbocycles. The fraction of sp³-hybridized carbons (Fsp3) is 0.375. The van der Waals surface area contributed by atoms with Gasteiger partial charge in [0.2, 0.25) is 0 Å². The first kappa shape index (κ1) is 15.7. The number of amides is 3. The van der Waals surface area contributed by atoms with E-state index < -0.39 is 5.54 Å². The maximum absolute atomic E-state index is 13.0. The minimum atomic E-state index is -0.668. The lowest BCUT2D eigenvalue weighted by molar-refractivity contribution is -0.130. The number of rotatable bonds is 4. The van der Waals surface area contributed by atoms with E-state index in [9.17, 15) is 9.59 Å². The molecule has 1 aromatic carbocycles. The van der Waals surface area contributed by atoms with Gasteiger partial charge in [-0.05, 0) is 41.3 Å². The number of hydrogen-bond acceptors (Lipinski definition) is 5. The van der Waals surface area contributed by atoms with Crippen molar-refractivity contribution in [2.45, 2.75) is 37.9 Å². The number of halogens is 1. The summed E-state index contributed by atoms with van der Waals surface area (Å²) in [6.07, 6.45) is 1.44. The van der Waals surface area contributed by atoms with Crippen molar-refractivity contribution in [3.05, 3.63) is 44.8 Å². The molecule has 1 aliphatic heterocycles. The van der Waals surface area contributed by atoms with Crippen LogP contribution in [0.5, 0.6) is 0 Å². The summed E-state index contributed by atoms with van der Waals surface area (Å²) >= 11 is 4.67. The van der Waals surface area contributed by atoms with Gasteiger partial charge in [0, 0.05) is 0 Å². The molecule has 4 rings (SSSR count). The van der Waals surface area contributed by atoms with Crippen molar-refractivity contribution >= 4 is 39.2 Å². The quantitative estimate of drug-likeness (QED) is 0.730. The van der Waals surface area contributed by atoms with Crippen molar-refractivity contribution in [3.63, 3.8) is 0 Å². The Bertz CT molecular complexity index is 805. The van der Waals surface area contributed by atoms with Crippen molar-refractivity contribution < 1.29 is 9.59 Å². The predicted octanol–water partition coefficient (Wildman–Crippen LogP) is 3.36. The molecule has 2 aromatic rings. The molecule has 1 aromatic heterocycles. The van der Waals surface area contributed by atoms with Crippen molar-refractivity contribution in [1.29, 1.82) is 0 Å². The van der Waals surface area contributed by atoms with Gasteiger partial charge in [0.1, 0.15) is 10.5 Å². The van der Waals surface area contributed by atoms with Crippen LogP contribution in [0.2, 0.25) is 0 Å². The van der Waals surface area contributed by atoms with E-state index in [-0.39, 0.29) is 18.0 Å². The van der Waals surface area contributed by atoms with Crippen LogP contribution in [0.1, 0.15) is 36.4 Å². The molecular weight excluding hydrogens is 392 g/mol. The highest BCUT2D eigenvalue weighted by atomic mass is 79.9. The fourth-order valence-corrected chi connectivity index (χ4v) is 4.41. The highest BCUT2D eigenvalue weighted by Crippen LogP contribution is 2.50. The summed E-state index contributed by atoms with van der Waals surface area (Å²) in [5.74, 6) is -0.0903. The smallest absolute Gasteiger partial charge is 0.303 e. The van der Waals surface area contributed by atoms with Gasteiger partial charge in [-0.1, -0.05) is 41.7 Å². The molecule has 3 amide bonds. The molecular formula is C16H15BrN4O2S. The molecule has 2 fully saturated rings. The van der Waals surface area contributed by atoms with E-state index in [1.807, 2.05) is 37.3 Å². The van der Waals surface area contributed by atoms with E-state index in [0.29, 0.717) is 10.5 Å². The molecule has 24 heavy (non-hydrogen) atoms. The van der Waals surface area contributed by atoms with Crippen LogP contribution >= 0.6 is 27.3 Å². The van der Waals surface area contributed by atoms with E-state index in [1.54, 1.807) is 4.90 Å². The molecule has 6 nitrogen and oxygen atoms in total. The van der Waals surface area contributed by atoms with Crippen molar-refractivity contribution in [2.24, 2.45) is 0 Å². The van der Waals surface area contributed by atoms with Gasteiger partial charge >= 0.3 is 6.03 Å². The topological polar surface area (TPSA) is 66.4 Å². The highest BCUT2D eigenvalue weighted by Gasteiger charge is 2.65. The molecule has 124 valence electrons. The van der Waals surface area contributed by atoms with Crippen LogP contribution in [-0.4, -0.2) is 37.5 Å². The number of urea groups is 1. The Kier molecular flexibility index (Phi) is 3.69. The lowest BCUT2D eigenvalue weighted by atomic mass is 10.1. The van der Waals surface area contributed by atoms with Gasteiger partial charge in [-0.25, -0.2) is 4.79 Å². The molecule has 0 bridgehead atoms. The van der Waals surface area contributed by atoms with Crippen LogP contribution in [0, 0.1) is 0 Å². The first-order valence-corrected chi connectivity index (χ1v) is 9.32. The minimum Gasteiger partial charge on any atom is -0.303 e. The van der Waals surface area contributed by atoms with E-state index in [0.717, 1.165) is 23.4 Å². The van der Waals surface area contributed by atoms with Gasteiger partial charge in [0.15, 0.2) is 3.92 Å². The standard InChI is InChI=1S/C16H15BrN4O2S/c1-10(11-5-3-2-4-6-11)21-13(22)16(7-8-16)20(15(21)23)9-12-18-19-14(17)24-12/h2-6,10H,7-9H2,1H3/t10-/m1/s1. The number of carbonyl (C=O) groups excluding carboxylic acids is 2. The number of aromatic nitrogens is 2. The van der Waals surface area contributed by atoms with Gasteiger partial charge in [0.05, 0.1) is 12.6 Å². The maximum Gasteiger partial charge on any atom is 0.328 e. The number of nitrogens with zero attached hydrogens (tertiary/aromatic N) is 4. The predicted molar refractivity (Wildman–Crippen MR) is 92.2 cm³/mol. The van der Waals surface area contributed by atoms with Crippen LogP contribution < -0.4 is 0 Å². The van der Waals surface area contributed by atoms with Crippen LogP contribution in [-0.2, 0) is 11.3 Å². The summed E-state index contributed by atoms with van der Waals surface area (Å²) in [7, 11) is 0. The molecule has 0 radical (unpaired) electrons. The van der Waals surface area contributed by atoms with Crippen LogP contribution in [0.3, 0.4) is 0 Å². The lowest BCUT2D eigenvalue weighted by Gasteiger charge is -2.23. The van der Waals surface area contributed by atoms with Gasteiger partial charge in [-0.15, -0.1) is 10.2 Å². The van der Waals surface area contributed by atoms with Gasteiger partial charge in [0.25, 0.3) is 5.91 Å². The first-order valence-electron chi connectivity index (χ1n) is 7.71. The van der Waals surface area contributed by atoms with Gasteiger partial charge in [-0.2, -0.15) is 0 Å². The second-order valence-corrected chi connectivity index (χ2v) is 8.45. The van der Waals surface area contributed by atoms with Gasteiger partial charge in [-0.3, -0.25) is 9.69 Å². The lowest BCUT2D eigenvalue weighted by Crippen LogP contribution is -2.36. The number of benzene rings is 1. The Morgan fingerprint density at radius 2 is 1.96 bits per heavy atom. The van der Waals surface area contributed by atoms with Crippen LogP contribution in [0.4, 0.5) is 4.79 Å². The maximum atomic E-state index is 13.0. The molecule has 1 spiro atoms. The first-order chi connectivity index (χ1) is 11.5. The molecule has 0 N–H and O–H groups in total. The monoisotopic (exact) mass is 406 g/mol. The van der Waals surface area contributed by atoms with Gasteiger partial charge < -0.3 is 4.90 Å². The van der Waals surface area contributed by atoms with E-state index in [1.165, 1.54) is 16.2 Å². The summed E-state index contributed by atoms with van der Waals surface area (Å²) in [5, 5.41) is 8.70. The number of carbonyl (C=O) groups is 2. The van der Waals surface area contributed by atoms with E-state index in [2.05, 4.69) is 26.1 Å². The van der Waals surface area contributed by atoms with E-state index >= 15 is 0 Å². The largest absolute Gasteiger partial charge is 0.328 e.